The molecule has 1 aliphatic rings. The fraction of sp³-hybridized carbons (Fsp3) is 1.00. The summed E-state index contributed by atoms with van der Waals surface area (Å²) in [6.07, 6.45) is -4.44. The minimum atomic E-state index is -1.20. The van der Waals surface area contributed by atoms with Gasteiger partial charge in [-0.1, -0.05) is 13.8 Å². The Morgan fingerprint density at radius 3 is 2.06 bits per heavy atom. The first-order valence-corrected chi connectivity index (χ1v) is 5.61. The highest BCUT2D eigenvalue weighted by Gasteiger charge is 2.45. The van der Waals surface area contributed by atoms with Gasteiger partial charge in [-0.3, -0.25) is 4.90 Å². The lowest BCUT2D eigenvalue weighted by atomic mass is 9.96. The van der Waals surface area contributed by atoms with Crippen molar-refractivity contribution in [3.05, 3.63) is 0 Å². The molecule has 16 heavy (non-hydrogen) atoms. The second-order valence-corrected chi connectivity index (χ2v) is 3.94. The first-order chi connectivity index (χ1) is 7.56. The average molecular weight is 235 g/mol. The van der Waals surface area contributed by atoms with E-state index in [0.29, 0.717) is 13.1 Å². The minimum Gasteiger partial charge on any atom is -0.394 e. The Morgan fingerprint density at radius 1 is 1.06 bits per heavy atom. The normalized spacial score (nSPS) is 40.3. The molecule has 0 aromatic rings. The summed E-state index contributed by atoms with van der Waals surface area (Å²) in [6.45, 7) is 4.63. The fourth-order valence-corrected chi connectivity index (χ4v) is 2.12. The number of nitrogens with zero attached hydrogens (tertiary/aromatic N) is 1. The van der Waals surface area contributed by atoms with Crippen LogP contribution in [0, 0.1) is 0 Å². The average Bonchev–Trinajstić information content (AvgIpc) is 2.29. The van der Waals surface area contributed by atoms with Crippen LogP contribution < -0.4 is 0 Å². The van der Waals surface area contributed by atoms with Crippen molar-refractivity contribution in [2.75, 3.05) is 19.7 Å². The first-order valence-electron chi connectivity index (χ1n) is 5.61. The Labute approximate surface area is 95.1 Å². The third-order valence-corrected chi connectivity index (χ3v) is 3.10. The van der Waals surface area contributed by atoms with Gasteiger partial charge in [0.15, 0.2) is 6.29 Å². The molecule has 0 unspecified atom stereocenters. The Bertz CT molecular complexity index is 211. The summed E-state index contributed by atoms with van der Waals surface area (Å²) in [6, 6.07) is -0.659. The summed E-state index contributed by atoms with van der Waals surface area (Å²) in [4.78, 5) is 1.81. The third kappa shape index (κ3) is 2.53. The van der Waals surface area contributed by atoms with E-state index in [2.05, 4.69) is 0 Å². The van der Waals surface area contributed by atoms with Crippen LogP contribution in [-0.2, 0) is 4.74 Å². The predicted molar refractivity (Wildman–Crippen MR) is 56.7 cm³/mol. The number of hydrogen-bond acceptors (Lipinski definition) is 6. The van der Waals surface area contributed by atoms with Crippen molar-refractivity contribution in [3.8, 4) is 0 Å². The van der Waals surface area contributed by atoms with E-state index in [0.717, 1.165) is 0 Å². The van der Waals surface area contributed by atoms with Gasteiger partial charge in [0, 0.05) is 0 Å². The molecule has 6 heteroatoms. The summed E-state index contributed by atoms with van der Waals surface area (Å²) in [5.41, 5.74) is 0. The molecule has 5 atom stereocenters. The molecule has 0 amide bonds. The Hall–Kier alpha value is -0.240. The molecule has 0 aromatic heterocycles. The highest BCUT2D eigenvalue weighted by Crippen LogP contribution is 2.23. The van der Waals surface area contributed by atoms with Crippen LogP contribution in [0.15, 0.2) is 0 Å². The highest BCUT2D eigenvalue weighted by molar-refractivity contribution is 4.93. The van der Waals surface area contributed by atoms with E-state index in [9.17, 15) is 15.3 Å². The van der Waals surface area contributed by atoms with E-state index in [1.807, 2.05) is 18.7 Å². The summed E-state index contributed by atoms with van der Waals surface area (Å²) in [5, 5.41) is 38.3. The van der Waals surface area contributed by atoms with Crippen LogP contribution in [0.25, 0.3) is 0 Å². The van der Waals surface area contributed by atoms with Gasteiger partial charge in [0.05, 0.1) is 12.6 Å². The van der Waals surface area contributed by atoms with Crippen molar-refractivity contribution in [3.63, 3.8) is 0 Å². The van der Waals surface area contributed by atoms with Crippen LogP contribution in [0.2, 0.25) is 0 Å². The highest BCUT2D eigenvalue weighted by atomic mass is 16.6. The first kappa shape index (κ1) is 13.8. The van der Waals surface area contributed by atoms with Crippen molar-refractivity contribution in [1.29, 1.82) is 0 Å². The topological polar surface area (TPSA) is 93.4 Å². The molecule has 4 N–H and O–H groups in total. The lowest BCUT2D eigenvalue weighted by Gasteiger charge is -2.44. The van der Waals surface area contributed by atoms with Gasteiger partial charge in [-0.25, -0.2) is 0 Å². The number of aliphatic hydroxyl groups excluding tert-OH is 4. The van der Waals surface area contributed by atoms with Crippen molar-refractivity contribution < 1.29 is 25.2 Å². The van der Waals surface area contributed by atoms with Gasteiger partial charge in [-0.05, 0) is 13.1 Å². The zero-order chi connectivity index (χ0) is 12.3. The van der Waals surface area contributed by atoms with Crippen molar-refractivity contribution in [2.24, 2.45) is 0 Å². The zero-order valence-electron chi connectivity index (χ0n) is 9.65. The third-order valence-electron chi connectivity index (χ3n) is 3.10. The van der Waals surface area contributed by atoms with Crippen molar-refractivity contribution >= 4 is 0 Å². The van der Waals surface area contributed by atoms with Gasteiger partial charge in [0.2, 0.25) is 0 Å². The lowest BCUT2D eigenvalue weighted by molar-refractivity contribution is -0.271. The van der Waals surface area contributed by atoms with E-state index < -0.39 is 37.3 Å². The van der Waals surface area contributed by atoms with Gasteiger partial charge < -0.3 is 25.2 Å². The van der Waals surface area contributed by atoms with Crippen LogP contribution in [0.5, 0.6) is 0 Å². The molecule has 0 radical (unpaired) electrons. The molecule has 0 aliphatic carbocycles. The maximum atomic E-state index is 9.90. The van der Waals surface area contributed by atoms with Gasteiger partial charge in [0.25, 0.3) is 0 Å². The molecule has 0 aromatic carbocycles. The van der Waals surface area contributed by atoms with E-state index >= 15 is 0 Å². The van der Waals surface area contributed by atoms with E-state index in [1.54, 1.807) is 0 Å². The van der Waals surface area contributed by atoms with Crippen molar-refractivity contribution in [1.82, 2.24) is 4.90 Å². The van der Waals surface area contributed by atoms with Crippen LogP contribution in [0.3, 0.4) is 0 Å². The summed E-state index contributed by atoms with van der Waals surface area (Å²) < 4.78 is 5.07. The Morgan fingerprint density at radius 2 is 1.62 bits per heavy atom. The molecule has 1 saturated heterocycles. The second-order valence-electron chi connectivity index (χ2n) is 3.94. The summed E-state index contributed by atoms with van der Waals surface area (Å²) >= 11 is 0. The van der Waals surface area contributed by atoms with Crippen LogP contribution in [0.4, 0.5) is 0 Å². The Kier molecular flexibility index (Phi) is 5.10. The molecular weight excluding hydrogens is 214 g/mol. The molecule has 1 rings (SSSR count). The largest absolute Gasteiger partial charge is 0.394 e. The molecule has 0 saturated carbocycles. The molecule has 1 aliphatic heterocycles. The van der Waals surface area contributed by atoms with Gasteiger partial charge in [-0.2, -0.15) is 0 Å². The molecule has 0 spiro atoms. The number of rotatable bonds is 4. The summed E-state index contributed by atoms with van der Waals surface area (Å²) in [7, 11) is 0. The molecule has 1 fully saturated rings. The molecule has 6 nitrogen and oxygen atoms in total. The SMILES string of the molecule is CCN(CC)[C@@H]1[C@@H](O)[C@H](O)[C@@H](CO)O[C@H]1O. The van der Waals surface area contributed by atoms with Gasteiger partial charge >= 0.3 is 0 Å². The smallest absolute Gasteiger partial charge is 0.173 e. The molecule has 96 valence electrons. The molecule has 1 heterocycles. The van der Waals surface area contributed by atoms with Gasteiger partial charge in [-0.15, -0.1) is 0 Å². The second kappa shape index (κ2) is 5.90. The number of hydrogen-bond donors (Lipinski definition) is 4. The quantitative estimate of drug-likeness (QED) is 0.456. The standard InChI is InChI=1S/C10H21NO5/c1-3-11(4-2)7-9(14)8(13)6(5-12)16-10(7)15/h6-10,12-15H,3-5H2,1-2H3/t6-,7-,8-,9-,10-/m1/s1. The lowest BCUT2D eigenvalue weighted by Crippen LogP contribution is -2.64. The Balaban J connectivity index is 2.78. The fourth-order valence-electron chi connectivity index (χ4n) is 2.12. The van der Waals surface area contributed by atoms with Gasteiger partial charge in [0.1, 0.15) is 18.3 Å². The predicted octanol–water partition coefficient (Wildman–Crippen LogP) is -1.87. The number of aliphatic hydroxyl groups is 4. The van der Waals surface area contributed by atoms with E-state index in [4.69, 9.17) is 9.84 Å². The molecule has 0 bridgehead atoms. The number of ether oxygens (including phenoxy) is 1. The maximum absolute atomic E-state index is 9.90. The monoisotopic (exact) mass is 235 g/mol. The van der Waals surface area contributed by atoms with Crippen molar-refractivity contribution in [2.45, 2.75) is 44.5 Å². The summed E-state index contributed by atoms with van der Waals surface area (Å²) in [5.74, 6) is 0. The van der Waals surface area contributed by atoms with Crippen LogP contribution >= 0.6 is 0 Å². The van der Waals surface area contributed by atoms with Crippen LogP contribution in [-0.4, -0.2) is 75.7 Å². The minimum absolute atomic E-state index is 0.430. The molecular formula is C10H21NO5. The number of likely N-dealkylation sites (N-methyl/N-ethyl adjacent to an activating group) is 1. The maximum Gasteiger partial charge on any atom is 0.173 e. The van der Waals surface area contributed by atoms with E-state index in [-0.39, 0.29) is 0 Å². The zero-order valence-corrected chi connectivity index (χ0v) is 9.65. The van der Waals surface area contributed by atoms with E-state index in [1.165, 1.54) is 0 Å². The van der Waals surface area contributed by atoms with Crippen LogP contribution in [0.1, 0.15) is 13.8 Å².